The molecule has 15 heavy (non-hydrogen) atoms. The number of rotatable bonds is 7. The van der Waals surface area contributed by atoms with Gasteiger partial charge in [-0.05, 0) is 6.26 Å². The summed E-state index contributed by atoms with van der Waals surface area (Å²) in [5.41, 5.74) is 0. The maximum absolute atomic E-state index is 11.2. The maximum atomic E-state index is 11.2. The number of nitrogens with zero attached hydrogens (tertiary/aromatic N) is 1. The molecule has 0 bridgehead atoms. The van der Waals surface area contributed by atoms with Gasteiger partial charge in [0.2, 0.25) is 5.91 Å². The van der Waals surface area contributed by atoms with Crippen LogP contribution in [0.5, 0.6) is 0 Å². The molecule has 1 amide bonds. The highest BCUT2D eigenvalue weighted by Crippen LogP contribution is 1.95. The third-order valence-electron chi connectivity index (χ3n) is 1.86. The minimum atomic E-state index is 0. The second-order valence-corrected chi connectivity index (χ2v) is 5.45. The average molecular weight is 346 g/mol. The molecular formula is C10H23IN2OS. The van der Waals surface area contributed by atoms with Crippen molar-refractivity contribution in [1.29, 1.82) is 0 Å². The highest BCUT2D eigenvalue weighted by molar-refractivity contribution is 7.98. The molecule has 5 heteroatoms. The van der Waals surface area contributed by atoms with Gasteiger partial charge in [0.15, 0.2) is 0 Å². The Labute approximate surface area is 115 Å². The standard InChI is InChI=1S/C10H22N2OS.HI/c1-12(2,3)8-5-7-11-10(13)6-9-14-4;/h5-9H2,1-4H3;1H. The van der Waals surface area contributed by atoms with Gasteiger partial charge in [0.1, 0.15) is 0 Å². The zero-order chi connectivity index (χ0) is 11.0. The summed E-state index contributed by atoms with van der Waals surface area (Å²) in [6.45, 7) is 1.91. The molecule has 0 unspecified atom stereocenters. The van der Waals surface area contributed by atoms with Crippen molar-refractivity contribution in [2.24, 2.45) is 0 Å². The van der Waals surface area contributed by atoms with E-state index < -0.39 is 0 Å². The Kier molecular flexibility index (Phi) is 11.6. The lowest BCUT2D eigenvalue weighted by Crippen LogP contribution is -3.00. The van der Waals surface area contributed by atoms with Gasteiger partial charge >= 0.3 is 0 Å². The van der Waals surface area contributed by atoms with Gasteiger partial charge in [0.25, 0.3) is 0 Å². The normalized spacial score (nSPS) is 10.7. The quantitative estimate of drug-likeness (QED) is 0.327. The fourth-order valence-electron chi connectivity index (χ4n) is 1.06. The average Bonchev–Trinajstić information content (AvgIpc) is 2.07. The molecule has 0 rings (SSSR count). The first-order valence-electron chi connectivity index (χ1n) is 5.02. The van der Waals surface area contributed by atoms with E-state index in [1.165, 1.54) is 0 Å². The van der Waals surface area contributed by atoms with Crippen LogP contribution in [-0.2, 0) is 4.79 Å². The molecule has 3 nitrogen and oxygen atoms in total. The van der Waals surface area contributed by atoms with Crippen molar-refractivity contribution in [3.05, 3.63) is 0 Å². The minimum absolute atomic E-state index is 0. The maximum Gasteiger partial charge on any atom is 0.220 e. The smallest absolute Gasteiger partial charge is 0.220 e. The van der Waals surface area contributed by atoms with Crippen LogP contribution in [0.1, 0.15) is 12.8 Å². The Morgan fingerprint density at radius 1 is 1.33 bits per heavy atom. The Morgan fingerprint density at radius 3 is 2.40 bits per heavy atom. The molecule has 92 valence electrons. The summed E-state index contributed by atoms with van der Waals surface area (Å²) in [5.74, 6) is 1.10. The SMILES string of the molecule is CSCCC(=O)NCCC[N+](C)(C)C.[I-]. The summed E-state index contributed by atoms with van der Waals surface area (Å²) in [6.07, 6.45) is 3.71. The van der Waals surface area contributed by atoms with Crippen molar-refractivity contribution < 1.29 is 33.3 Å². The zero-order valence-corrected chi connectivity index (χ0v) is 13.2. The van der Waals surface area contributed by atoms with E-state index in [9.17, 15) is 4.79 Å². The number of carbonyl (C=O) groups is 1. The summed E-state index contributed by atoms with van der Waals surface area (Å²) in [7, 11) is 6.49. The summed E-state index contributed by atoms with van der Waals surface area (Å²) < 4.78 is 0.959. The Morgan fingerprint density at radius 2 is 1.93 bits per heavy atom. The van der Waals surface area contributed by atoms with Gasteiger partial charge in [-0.25, -0.2) is 0 Å². The predicted molar refractivity (Wildman–Crippen MR) is 63.5 cm³/mol. The topological polar surface area (TPSA) is 29.1 Å². The van der Waals surface area contributed by atoms with Gasteiger partial charge < -0.3 is 33.8 Å². The molecule has 0 aliphatic rings. The number of carbonyl (C=O) groups excluding carboxylic acids is 1. The van der Waals surface area contributed by atoms with E-state index in [1.807, 2.05) is 6.26 Å². The van der Waals surface area contributed by atoms with E-state index in [4.69, 9.17) is 0 Å². The first-order chi connectivity index (χ1) is 6.45. The molecule has 0 aliphatic heterocycles. The number of hydrogen-bond acceptors (Lipinski definition) is 2. The molecule has 0 spiro atoms. The van der Waals surface area contributed by atoms with Gasteiger partial charge in [-0.2, -0.15) is 11.8 Å². The highest BCUT2D eigenvalue weighted by atomic mass is 127. The van der Waals surface area contributed by atoms with E-state index >= 15 is 0 Å². The number of amides is 1. The summed E-state index contributed by atoms with van der Waals surface area (Å²) in [4.78, 5) is 11.2. The molecule has 0 atom stereocenters. The van der Waals surface area contributed by atoms with Crippen LogP contribution in [0.15, 0.2) is 0 Å². The fourth-order valence-corrected chi connectivity index (χ4v) is 1.45. The van der Waals surface area contributed by atoms with Crippen molar-refractivity contribution in [3.63, 3.8) is 0 Å². The van der Waals surface area contributed by atoms with Crippen molar-refractivity contribution >= 4 is 17.7 Å². The van der Waals surface area contributed by atoms with E-state index in [1.54, 1.807) is 11.8 Å². The fraction of sp³-hybridized carbons (Fsp3) is 0.900. The van der Waals surface area contributed by atoms with Crippen LogP contribution in [-0.4, -0.2) is 56.6 Å². The number of nitrogens with one attached hydrogen (secondary N) is 1. The molecule has 0 heterocycles. The van der Waals surface area contributed by atoms with Crippen LogP contribution in [0.25, 0.3) is 0 Å². The Hall–Kier alpha value is 0.510. The van der Waals surface area contributed by atoms with Gasteiger partial charge in [0, 0.05) is 25.1 Å². The lowest BCUT2D eigenvalue weighted by atomic mass is 10.3. The molecule has 0 aliphatic carbocycles. The van der Waals surface area contributed by atoms with Gasteiger partial charge in [-0.1, -0.05) is 0 Å². The van der Waals surface area contributed by atoms with Crippen LogP contribution in [0.4, 0.5) is 0 Å². The number of halogens is 1. The largest absolute Gasteiger partial charge is 1.00 e. The summed E-state index contributed by atoms with van der Waals surface area (Å²) in [6, 6.07) is 0. The molecule has 0 saturated carbocycles. The number of quaternary nitrogens is 1. The van der Waals surface area contributed by atoms with Crippen LogP contribution in [0.3, 0.4) is 0 Å². The Balaban J connectivity index is 0. The van der Waals surface area contributed by atoms with Crippen LogP contribution in [0, 0.1) is 0 Å². The summed E-state index contributed by atoms with van der Waals surface area (Å²) >= 11 is 1.71. The number of thioether (sulfide) groups is 1. The van der Waals surface area contributed by atoms with Gasteiger partial charge in [0.05, 0.1) is 27.7 Å². The molecule has 0 fully saturated rings. The third-order valence-corrected chi connectivity index (χ3v) is 2.47. The van der Waals surface area contributed by atoms with Crippen molar-refractivity contribution in [2.45, 2.75) is 12.8 Å². The zero-order valence-electron chi connectivity index (χ0n) is 10.2. The van der Waals surface area contributed by atoms with Crippen LogP contribution < -0.4 is 29.3 Å². The lowest BCUT2D eigenvalue weighted by Gasteiger charge is -2.23. The van der Waals surface area contributed by atoms with E-state index in [0.717, 1.165) is 29.7 Å². The first kappa shape index (κ1) is 17.9. The van der Waals surface area contributed by atoms with Gasteiger partial charge in [-0.3, -0.25) is 4.79 Å². The monoisotopic (exact) mass is 346 g/mol. The third kappa shape index (κ3) is 14.5. The predicted octanol–water partition coefficient (Wildman–Crippen LogP) is -2.04. The van der Waals surface area contributed by atoms with Crippen LogP contribution >= 0.6 is 11.8 Å². The highest BCUT2D eigenvalue weighted by Gasteiger charge is 2.06. The summed E-state index contributed by atoms with van der Waals surface area (Å²) in [5, 5.41) is 2.93. The lowest BCUT2D eigenvalue weighted by molar-refractivity contribution is -0.870. The molecule has 0 aromatic rings. The van der Waals surface area contributed by atoms with Crippen molar-refractivity contribution in [1.82, 2.24) is 5.32 Å². The minimum Gasteiger partial charge on any atom is -1.00 e. The van der Waals surface area contributed by atoms with E-state index in [-0.39, 0.29) is 29.9 Å². The molecular weight excluding hydrogens is 323 g/mol. The molecule has 0 radical (unpaired) electrons. The van der Waals surface area contributed by atoms with Crippen molar-refractivity contribution in [3.8, 4) is 0 Å². The van der Waals surface area contributed by atoms with E-state index in [0.29, 0.717) is 6.42 Å². The molecule has 0 saturated heterocycles. The van der Waals surface area contributed by atoms with Gasteiger partial charge in [-0.15, -0.1) is 0 Å². The molecule has 0 aromatic heterocycles. The second-order valence-electron chi connectivity index (χ2n) is 4.46. The van der Waals surface area contributed by atoms with Crippen molar-refractivity contribution in [2.75, 3.05) is 46.2 Å². The Bertz CT molecular complexity index is 171. The molecule has 0 aromatic carbocycles. The van der Waals surface area contributed by atoms with Crippen LogP contribution in [0.2, 0.25) is 0 Å². The van der Waals surface area contributed by atoms with E-state index in [2.05, 4.69) is 26.5 Å². The number of hydrogen-bond donors (Lipinski definition) is 1. The molecule has 1 N–H and O–H groups in total. The first-order valence-corrected chi connectivity index (χ1v) is 6.41. The second kappa shape index (κ2) is 9.72.